The molecule has 0 aromatic carbocycles. The van der Waals surface area contributed by atoms with Crippen LogP contribution in [0.5, 0.6) is 0 Å². The maximum Gasteiger partial charge on any atom is 0.516 e. The summed E-state index contributed by atoms with van der Waals surface area (Å²) in [6.45, 7) is 1.59. The van der Waals surface area contributed by atoms with Crippen LogP contribution in [0.1, 0.15) is 58.3 Å². The number of hydrogen-bond donors (Lipinski definition) is 1. The van der Waals surface area contributed by atoms with Crippen LogP contribution in [0.3, 0.4) is 0 Å². The zero-order valence-electron chi connectivity index (χ0n) is 17.0. The van der Waals surface area contributed by atoms with Gasteiger partial charge >= 0.3 is 12.1 Å². The summed E-state index contributed by atoms with van der Waals surface area (Å²) in [5, 5.41) is 10.1. The van der Waals surface area contributed by atoms with Gasteiger partial charge in [-0.2, -0.15) is 0 Å². The molecular formula is C21H29NO7. The molecule has 29 heavy (non-hydrogen) atoms. The van der Waals surface area contributed by atoms with Crippen LogP contribution in [0.25, 0.3) is 0 Å². The maximum atomic E-state index is 12.9. The predicted octanol–water partition coefficient (Wildman–Crippen LogP) is 2.29. The number of aliphatic hydroxyl groups excluding tert-OH is 1. The summed E-state index contributed by atoms with van der Waals surface area (Å²) in [5.74, 6) is -1.79. The molecule has 2 heterocycles. The third-order valence-electron chi connectivity index (χ3n) is 6.83. The summed E-state index contributed by atoms with van der Waals surface area (Å²) < 4.78 is 15.9. The van der Waals surface area contributed by atoms with Gasteiger partial charge in [0, 0.05) is 13.0 Å². The Labute approximate surface area is 170 Å². The van der Waals surface area contributed by atoms with Crippen LogP contribution in [0, 0.1) is 11.8 Å². The average molecular weight is 407 g/mol. The average Bonchev–Trinajstić information content (AvgIpc) is 2.99. The van der Waals surface area contributed by atoms with Crippen molar-refractivity contribution >= 4 is 18.0 Å². The van der Waals surface area contributed by atoms with Crippen molar-refractivity contribution < 1.29 is 33.7 Å². The zero-order chi connectivity index (χ0) is 20.7. The van der Waals surface area contributed by atoms with Crippen molar-refractivity contribution in [3.8, 4) is 0 Å². The Kier molecular flexibility index (Phi) is 5.66. The van der Waals surface area contributed by atoms with E-state index in [1.54, 1.807) is 14.0 Å². The molecule has 1 amide bonds. The van der Waals surface area contributed by atoms with E-state index in [0.29, 0.717) is 0 Å². The number of β-lactam (4-membered cyclic amide) rings is 1. The molecular weight excluding hydrogens is 378 g/mol. The molecule has 160 valence electrons. The lowest BCUT2D eigenvalue weighted by Crippen LogP contribution is -2.64. The Balaban J connectivity index is 1.55. The molecule has 0 aromatic rings. The first-order valence-corrected chi connectivity index (χ1v) is 10.6. The van der Waals surface area contributed by atoms with Gasteiger partial charge in [-0.3, -0.25) is 4.79 Å². The van der Waals surface area contributed by atoms with E-state index in [1.807, 2.05) is 0 Å². The number of carbonyl (C=O) groups is 3. The van der Waals surface area contributed by atoms with Crippen LogP contribution in [-0.4, -0.2) is 59.5 Å². The van der Waals surface area contributed by atoms with E-state index in [9.17, 15) is 19.5 Å². The van der Waals surface area contributed by atoms with Crippen LogP contribution in [0.2, 0.25) is 0 Å². The molecule has 2 saturated carbocycles. The van der Waals surface area contributed by atoms with Crippen molar-refractivity contribution in [2.24, 2.45) is 11.8 Å². The number of methoxy groups -OCH3 is 1. The highest BCUT2D eigenvalue weighted by molar-refractivity contribution is 6.03. The van der Waals surface area contributed by atoms with Crippen molar-refractivity contribution in [1.82, 2.24) is 4.90 Å². The number of carbonyl (C=O) groups excluding carboxylic acids is 3. The van der Waals surface area contributed by atoms with Crippen molar-refractivity contribution in [3.63, 3.8) is 0 Å². The summed E-state index contributed by atoms with van der Waals surface area (Å²) >= 11 is 0. The molecule has 8 heteroatoms. The first-order chi connectivity index (χ1) is 13.9. The Bertz CT molecular complexity index is 725. The highest BCUT2D eigenvalue weighted by Crippen LogP contribution is 2.52. The van der Waals surface area contributed by atoms with Gasteiger partial charge in [0.2, 0.25) is 5.91 Å². The van der Waals surface area contributed by atoms with E-state index in [1.165, 1.54) is 4.90 Å². The van der Waals surface area contributed by atoms with Gasteiger partial charge in [0.05, 0.1) is 24.2 Å². The second-order valence-corrected chi connectivity index (χ2v) is 8.55. The number of rotatable bonds is 4. The summed E-state index contributed by atoms with van der Waals surface area (Å²) in [5.41, 5.74) is 0.824. The molecule has 1 saturated heterocycles. The Hall–Kier alpha value is -1.93. The number of ether oxygens (including phenoxy) is 3. The number of amides is 1. The minimum atomic E-state index is -1.01. The van der Waals surface area contributed by atoms with Crippen LogP contribution in [0.4, 0.5) is 4.79 Å². The molecule has 4 rings (SSSR count). The molecule has 2 aliphatic heterocycles. The Morgan fingerprint density at radius 2 is 1.83 bits per heavy atom. The Morgan fingerprint density at radius 3 is 2.48 bits per heavy atom. The van der Waals surface area contributed by atoms with Gasteiger partial charge in [0.25, 0.3) is 0 Å². The second kappa shape index (κ2) is 8.07. The van der Waals surface area contributed by atoms with E-state index >= 15 is 0 Å². The third kappa shape index (κ3) is 3.46. The van der Waals surface area contributed by atoms with Gasteiger partial charge in [-0.1, -0.05) is 6.42 Å². The van der Waals surface area contributed by atoms with Gasteiger partial charge in [0.15, 0.2) is 0 Å². The first-order valence-electron chi connectivity index (χ1n) is 10.6. The molecule has 3 fully saturated rings. The highest BCUT2D eigenvalue weighted by Gasteiger charge is 2.62. The number of esters is 1. The van der Waals surface area contributed by atoms with E-state index in [0.717, 1.165) is 56.9 Å². The van der Waals surface area contributed by atoms with Crippen LogP contribution >= 0.6 is 0 Å². The first kappa shape index (κ1) is 20.3. The summed E-state index contributed by atoms with van der Waals surface area (Å²) in [7, 11) is 1.57. The van der Waals surface area contributed by atoms with Crippen molar-refractivity contribution in [1.29, 1.82) is 0 Å². The van der Waals surface area contributed by atoms with Gasteiger partial charge < -0.3 is 24.2 Å². The van der Waals surface area contributed by atoms with E-state index in [-0.39, 0.29) is 35.8 Å². The van der Waals surface area contributed by atoms with Gasteiger partial charge in [-0.05, 0) is 57.4 Å². The minimum Gasteiger partial charge on any atom is -0.431 e. The monoisotopic (exact) mass is 407 g/mol. The number of aliphatic hydroxyl groups is 1. The van der Waals surface area contributed by atoms with Gasteiger partial charge in [-0.15, -0.1) is 0 Å². The lowest BCUT2D eigenvalue weighted by Gasteiger charge is -2.47. The normalized spacial score (nSPS) is 32.9. The van der Waals surface area contributed by atoms with Crippen molar-refractivity contribution in [3.05, 3.63) is 11.3 Å². The molecule has 4 aliphatic rings. The molecule has 2 aliphatic carbocycles. The van der Waals surface area contributed by atoms with Crippen LogP contribution < -0.4 is 0 Å². The molecule has 1 N–H and O–H groups in total. The fraction of sp³-hybridized carbons (Fsp3) is 0.762. The minimum absolute atomic E-state index is 0.0667. The van der Waals surface area contributed by atoms with Crippen LogP contribution in [-0.2, 0) is 23.8 Å². The molecule has 0 unspecified atom stereocenters. The fourth-order valence-corrected chi connectivity index (χ4v) is 5.54. The zero-order valence-corrected chi connectivity index (χ0v) is 17.0. The summed E-state index contributed by atoms with van der Waals surface area (Å²) in [4.78, 5) is 39.2. The van der Waals surface area contributed by atoms with Crippen molar-refractivity contribution in [2.75, 3.05) is 7.11 Å². The highest BCUT2D eigenvalue weighted by atomic mass is 16.7. The molecule has 8 nitrogen and oxygen atoms in total. The standard InChI is InChI=1S/C21H29NO7/c1-11(23)15-17-13-9-6-10-14(27-2)16(13)18(22(17)19(15)24)20(25)29-21(26)28-12-7-4-3-5-8-12/h11-15,17,23H,3-10H2,1-2H3/t11-,13+,14+,15-,17-/m1/s1. The fourth-order valence-electron chi connectivity index (χ4n) is 5.54. The van der Waals surface area contributed by atoms with E-state index < -0.39 is 24.1 Å². The molecule has 0 aromatic heterocycles. The maximum absolute atomic E-state index is 12.9. The Morgan fingerprint density at radius 1 is 1.10 bits per heavy atom. The van der Waals surface area contributed by atoms with E-state index in [4.69, 9.17) is 14.2 Å². The summed E-state index contributed by atoms with van der Waals surface area (Å²) in [6.07, 6.45) is 4.73. The predicted molar refractivity (Wildman–Crippen MR) is 100 cm³/mol. The second-order valence-electron chi connectivity index (χ2n) is 8.55. The molecule has 0 radical (unpaired) electrons. The van der Waals surface area contributed by atoms with Crippen molar-refractivity contribution in [2.45, 2.75) is 82.6 Å². The topological polar surface area (TPSA) is 102 Å². The number of nitrogens with zero attached hydrogens (tertiary/aromatic N) is 1. The smallest absolute Gasteiger partial charge is 0.431 e. The largest absolute Gasteiger partial charge is 0.516 e. The molecule has 0 spiro atoms. The number of hydrogen-bond acceptors (Lipinski definition) is 7. The van der Waals surface area contributed by atoms with Gasteiger partial charge in [-0.25, -0.2) is 9.59 Å². The lowest BCUT2D eigenvalue weighted by atomic mass is 9.72. The quantitative estimate of drug-likeness (QED) is 0.433. The summed E-state index contributed by atoms with van der Waals surface area (Å²) in [6, 6.07) is -0.285. The van der Waals surface area contributed by atoms with Gasteiger partial charge in [0.1, 0.15) is 11.8 Å². The third-order valence-corrected chi connectivity index (χ3v) is 6.83. The number of fused-ring (bicyclic) bond motifs is 3. The van der Waals surface area contributed by atoms with Crippen LogP contribution in [0.15, 0.2) is 11.3 Å². The molecule has 0 bridgehead atoms. The lowest BCUT2D eigenvalue weighted by molar-refractivity contribution is -0.164. The SMILES string of the molecule is CO[C@H]1CCC[C@H]2C1=C(C(=O)OC(=O)OC1CCCCC1)N1C(=O)[C@H]([C@@H](C)O)[C@@H]21. The van der Waals surface area contributed by atoms with E-state index in [2.05, 4.69) is 0 Å². The molecule has 5 atom stereocenters.